The van der Waals surface area contributed by atoms with Crippen LogP contribution in [0.15, 0.2) is 0 Å². The van der Waals surface area contributed by atoms with Crippen molar-refractivity contribution < 1.29 is 23.4 Å². The highest BCUT2D eigenvalue weighted by atomic mass is 28.4. The Morgan fingerprint density at radius 1 is 1.03 bits per heavy atom. The van der Waals surface area contributed by atoms with Gasteiger partial charge in [0.05, 0.1) is 30.5 Å². The summed E-state index contributed by atoms with van der Waals surface area (Å²) in [6.07, 6.45) is 5.61. The van der Waals surface area contributed by atoms with Crippen molar-refractivity contribution in [3.63, 3.8) is 0 Å². The van der Waals surface area contributed by atoms with Gasteiger partial charge in [-0.1, -0.05) is 61.8 Å². The van der Waals surface area contributed by atoms with Crippen LogP contribution in [0.5, 0.6) is 0 Å². The fraction of sp³-hybridized carbons (Fsp3) is 0.966. The molecule has 3 saturated heterocycles. The molecule has 0 aliphatic carbocycles. The zero-order chi connectivity index (χ0) is 26.0. The molecule has 0 bridgehead atoms. The number of carbonyl (C=O) groups excluding carboxylic acids is 1. The molecule has 3 aliphatic rings. The maximum atomic E-state index is 12.3. The molecule has 3 aliphatic heterocycles. The molecular formula is C29H54O5Si. The molecule has 10 atom stereocenters. The van der Waals surface area contributed by atoms with E-state index in [0.717, 1.165) is 43.3 Å². The summed E-state index contributed by atoms with van der Waals surface area (Å²) in [5, 5.41) is 0. The quantitative estimate of drug-likeness (QED) is 0.277. The second kappa shape index (κ2) is 12.1. The second-order valence-electron chi connectivity index (χ2n) is 12.4. The molecule has 0 radical (unpaired) electrons. The summed E-state index contributed by atoms with van der Waals surface area (Å²) in [6.45, 7) is 20.0. The Labute approximate surface area is 216 Å². The third-order valence-electron chi connectivity index (χ3n) is 9.56. The Bertz CT molecular complexity index is 688. The van der Waals surface area contributed by atoms with Crippen molar-refractivity contribution in [1.29, 1.82) is 0 Å². The number of hydrogen-bond donors (Lipinski definition) is 0. The smallest absolute Gasteiger partial charge is 0.192 e. The van der Waals surface area contributed by atoms with E-state index in [-0.39, 0.29) is 42.2 Å². The van der Waals surface area contributed by atoms with Gasteiger partial charge < -0.3 is 18.6 Å². The van der Waals surface area contributed by atoms with E-state index in [1.54, 1.807) is 6.92 Å². The van der Waals surface area contributed by atoms with Crippen LogP contribution in [0, 0.1) is 23.7 Å². The van der Waals surface area contributed by atoms with E-state index in [0.29, 0.717) is 18.3 Å². The van der Waals surface area contributed by atoms with Crippen LogP contribution in [0.4, 0.5) is 0 Å². The van der Waals surface area contributed by atoms with Gasteiger partial charge in [0.2, 0.25) is 0 Å². The van der Waals surface area contributed by atoms with Gasteiger partial charge in [0.15, 0.2) is 14.1 Å². The molecule has 5 nitrogen and oxygen atoms in total. The lowest BCUT2D eigenvalue weighted by atomic mass is 9.79. The largest absolute Gasteiger partial charge is 0.411 e. The van der Waals surface area contributed by atoms with E-state index in [1.807, 2.05) is 0 Å². The van der Waals surface area contributed by atoms with E-state index in [9.17, 15) is 4.79 Å². The number of ketones is 1. The normalized spacial score (nSPS) is 39.4. The zero-order valence-electron chi connectivity index (χ0n) is 24.1. The third kappa shape index (κ3) is 6.60. The molecule has 35 heavy (non-hydrogen) atoms. The fourth-order valence-corrected chi connectivity index (χ4v) is 10.0. The van der Waals surface area contributed by atoms with Crippen LogP contribution in [0.3, 0.4) is 0 Å². The minimum Gasteiger partial charge on any atom is -0.411 e. The van der Waals surface area contributed by atoms with Gasteiger partial charge in [-0.25, -0.2) is 0 Å². The minimum atomic E-state index is -1.83. The van der Waals surface area contributed by atoms with Crippen molar-refractivity contribution in [2.75, 3.05) is 0 Å². The molecule has 1 spiro atoms. The molecule has 6 heteroatoms. The molecule has 3 fully saturated rings. The zero-order valence-corrected chi connectivity index (χ0v) is 25.1. The lowest BCUT2D eigenvalue weighted by molar-refractivity contribution is -0.350. The van der Waals surface area contributed by atoms with Crippen LogP contribution in [0.2, 0.25) is 18.1 Å². The van der Waals surface area contributed by atoms with Gasteiger partial charge in [-0.15, -0.1) is 0 Å². The molecule has 204 valence electrons. The van der Waals surface area contributed by atoms with Crippen molar-refractivity contribution in [2.45, 2.75) is 155 Å². The van der Waals surface area contributed by atoms with Crippen molar-refractivity contribution in [3.8, 4) is 0 Å². The number of fused-ring (bicyclic) bond motifs is 1. The molecular weight excluding hydrogens is 456 g/mol. The first-order valence-electron chi connectivity index (χ1n) is 14.7. The van der Waals surface area contributed by atoms with Gasteiger partial charge in [0.1, 0.15) is 5.78 Å². The van der Waals surface area contributed by atoms with Crippen molar-refractivity contribution >= 4 is 14.1 Å². The Hall–Kier alpha value is -0.273. The average Bonchev–Trinajstić information content (AvgIpc) is 3.23. The lowest BCUT2D eigenvalue weighted by Crippen LogP contribution is -2.61. The predicted octanol–water partition coefficient (Wildman–Crippen LogP) is 7.13. The lowest BCUT2D eigenvalue weighted by Gasteiger charge is -2.53. The first-order valence-corrected chi connectivity index (χ1v) is 17.2. The SMILES string of the molecule is CCC(C)CC(C)C1CC2OC3(CC(C)C2O1)CC(C)C(O[Si](CC)(CC)CC)C(CC(C)=O)O3. The second-order valence-corrected chi connectivity index (χ2v) is 17.1. The summed E-state index contributed by atoms with van der Waals surface area (Å²) in [7, 11) is -1.83. The molecule has 3 heterocycles. The highest BCUT2D eigenvalue weighted by Gasteiger charge is 2.56. The van der Waals surface area contributed by atoms with Crippen LogP contribution in [0.25, 0.3) is 0 Å². The van der Waals surface area contributed by atoms with E-state index in [2.05, 4.69) is 55.4 Å². The van der Waals surface area contributed by atoms with Gasteiger partial charge in [-0.05, 0) is 55.1 Å². The van der Waals surface area contributed by atoms with E-state index >= 15 is 0 Å². The number of ether oxygens (including phenoxy) is 3. The molecule has 0 saturated carbocycles. The fourth-order valence-electron chi connectivity index (χ4n) is 7.07. The number of rotatable bonds is 11. The van der Waals surface area contributed by atoms with Crippen LogP contribution in [0.1, 0.15) is 101 Å². The molecule has 0 amide bonds. The number of hydrogen-bond acceptors (Lipinski definition) is 5. The maximum absolute atomic E-state index is 12.3. The average molecular weight is 511 g/mol. The maximum Gasteiger partial charge on any atom is 0.192 e. The summed E-state index contributed by atoms with van der Waals surface area (Å²) in [4.78, 5) is 12.3. The summed E-state index contributed by atoms with van der Waals surface area (Å²) < 4.78 is 27.3. The predicted molar refractivity (Wildman–Crippen MR) is 144 cm³/mol. The molecule has 10 unspecified atom stereocenters. The van der Waals surface area contributed by atoms with Gasteiger partial charge in [-0.3, -0.25) is 4.79 Å². The van der Waals surface area contributed by atoms with Gasteiger partial charge in [0.25, 0.3) is 0 Å². The monoisotopic (exact) mass is 510 g/mol. The summed E-state index contributed by atoms with van der Waals surface area (Å²) in [6, 6.07) is 3.31. The Kier molecular flexibility index (Phi) is 10.1. The topological polar surface area (TPSA) is 54.0 Å². The minimum absolute atomic E-state index is 0.0317. The molecule has 0 aromatic heterocycles. The summed E-state index contributed by atoms with van der Waals surface area (Å²) in [5.74, 6) is 1.44. The molecule has 0 aromatic rings. The van der Waals surface area contributed by atoms with Crippen LogP contribution in [-0.4, -0.2) is 50.4 Å². The standard InChI is InChI=1S/C29H54O5Si/c1-10-19(5)14-20(6)24-16-26-27(31-24)21(7)17-29(33-26)18-22(8)28(25(32-29)15-23(9)30)34-35(11-2,12-3)13-4/h19-22,24-28H,10-18H2,1-9H3. The van der Waals surface area contributed by atoms with Crippen LogP contribution < -0.4 is 0 Å². The van der Waals surface area contributed by atoms with Crippen LogP contribution >= 0.6 is 0 Å². The van der Waals surface area contributed by atoms with Gasteiger partial charge in [-0.2, -0.15) is 0 Å². The first kappa shape index (κ1) is 29.3. The van der Waals surface area contributed by atoms with E-state index < -0.39 is 14.1 Å². The van der Waals surface area contributed by atoms with Gasteiger partial charge in [0, 0.05) is 25.7 Å². The first-order chi connectivity index (χ1) is 16.5. The van der Waals surface area contributed by atoms with Gasteiger partial charge >= 0.3 is 0 Å². The molecule has 0 N–H and O–H groups in total. The van der Waals surface area contributed by atoms with Crippen LogP contribution in [-0.2, 0) is 23.4 Å². The van der Waals surface area contributed by atoms with E-state index in [4.69, 9.17) is 18.6 Å². The summed E-state index contributed by atoms with van der Waals surface area (Å²) >= 11 is 0. The van der Waals surface area contributed by atoms with Crippen molar-refractivity contribution in [1.82, 2.24) is 0 Å². The van der Waals surface area contributed by atoms with Crippen molar-refractivity contribution in [2.24, 2.45) is 23.7 Å². The van der Waals surface area contributed by atoms with Crippen molar-refractivity contribution in [3.05, 3.63) is 0 Å². The molecule has 3 rings (SSSR count). The Morgan fingerprint density at radius 2 is 1.66 bits per heavy atom. The van der Waals surface area contributed by atoms with E-state index in [1.165, 1.54) is 12.8 Å². The Balaban J connectivity index is 1.76. The summed E-state index contributed by atoms with van der Waals surface area (Å²) in [5.41, 5.74) is 0. The number of Topliss-reactive ketones (excluding diaryl/α,β-unsaturated/α-hetero) is 1. The number of carbonyl (C=O) groups is 1. The highest BCUT2D eigenvalue weighted by molar-refractivity contribution is 6.73. The Morgan fingerprint density at radius 3 is 2.23 bits per heavy atom. The highest BCUT2D eigenvalue weighted by Crippen LogP contribution is 2.49. The third-order valence-corrected chi connectivity index (χ3v) is 14.2. The molecule has 0 aromatic carbocycles.